The van der Waals surface area contributed by atoms with Gasteiger partial charge in [-0.3, -0.25) is 4.79 Å². The molecule has 0 bridgehead atoms. The van der Waals surface area contributed by atoms with E-state index in [1.54, 1.807) is 19.1 Å². The van der Waals surface area contributed by atoms with Gasteiger partial charge in [-0.2, -0.15) is 0 Å². The molecule has 0 aliphatic heterocycles. The van der Waals surface area contributed by atoms with Crippen molar-refractivity contribution in [2.45, 2.75) is 51.3 Å². The number of sulfonamides is 1. The third kappa shape index (κ3) is 5.85. The average Bonchev–Trinajstić information content (AvgIpc) is 2.40. The van der Waals surface area contributed by atoms with E-state index in [-0.39, 0.29) is 10.8 Å². The Balaban J connectivity index is 2.79. The van der Waals surface area contributed by atoms with Crippen LogP contribution in [0.5, 0.6) is 0 Å². The first-order valence-corrected chi connectivity index (χ1v) is 8.73. The van der Waals surface area contributed by atoms with E-state index >= 15 is 0 Å². The fourth-order valence-corrected chi connectivity index (χ4v) is 3.35. The molecule has 118 valence electrons. The van der Waals surface area contributed by atoms with Crippen molar-refractivity contribution in [1.29, 1.82) is 0 Å². The third-order valence-corrected chi connectivity index (χ3v) is 4.72. The van der Waals surface area contributed by atoms with Crippen molar-refractivity contribution in [2.24, 2.45) is 0 Å². The van der Waals surface area contributed by atoms with Crippen molar-refractivity contribution in [3.8, 4) is 0 Å². The van der Waals surface area contributed by atoms with Gasteiger partial charge in [-0.15, -0.1) is 0 Å². The molecule has 0 saturated heterocycles. The van der Waals surface area contributed by atoms with Crippen molar-refractivity contribution in [3.05, 3.63) is 23.8 Å². The van der Waals surface area contributed by atoms with Gasteiger partial charge >= 0.3 is 0 Å². The summed E-state index contributed by atoms with van der Waals surface area (Å²) in [5, 5.41) is 2.60. The highest BCUT2D eigenvalue weighted by Crippen LogP contribution is 2.20. The van der Waals surface area contributed by atoms with Gasteiger partial charge in [0, 0.05) is 19.2 Å². The van der Waals surface area contributed by atoms with E-state index < -0.39 is 10.0 Å². The van der Waals surface area contributed by atoms with Crippen molar-refractivity contribution in [2.75, 3.05) is 11.9 Å². The minimum atomic E-state index is -3.54. The zero-order chi connectivity index (χ0) is 15.9. The summed E-state index contributed by atoms with van der Waals surface area (Å²) >= 11 is 0. The summed E-state index contributed by atoms with van der Waals surface area (Å²) in [6.07, 6.45) is 4.07. The molecule has 5 nitrogen and oxygen atoms in total. The Morgan fingerprint density at radius 1 is 1.19 bits per heavy atom. The lowest BCUT2D eigenvalue weighted by Gasteiger charge is -2.11. The van der Waals surface area contributed by atoms with Crippen LogP contribution < -0.4 is 10.0 Å². The van der Waals surface area contributed by atoms with E-state index in [2.05, 4.69) is 17.0 Å². The normalized spacial score (nSPS) is 11.4. The molecule has 6 heteroatoms. The van der Waals surface area contributed by atoms with Crippen LogP contribution in [0.3, 0.4) is 0 Å². The Hall–Kier alpha value is -1.40. The number of benzene rings is 1. The fourth-order valence-electron chi connectivity index (χ4n) is 2.01. The maximum absolute atomic E-state index is 12.3. The highest BCUT2D eigenvalue weighted by molar-refractivity contribution is 7.89. The van der Waals surface area contributed by atoms with Crippen LogP contribution in [0.15, 0.2) is 23.1 Å². The molecule has 0 spiro atoms. The number of hydrogen-bond acceptors (Lipinski definition) is 3. The lowest BCUT2D eigenvalue weighted by atomic mass is 10.2. The zero-order valence-electron chi connectivity index (χ0n) is 12.9. The molecule has 0 aliphatic rings. The number of anilines is 1. The fraction of sp³-hybridized carbons (Fsp3) is 0.533. The predicted molar refractivity (Wildman–Crippen MR) is 84.8 cm³/mol. The van der Waals surface area contributed by atoms with Crippen LogP contribution >= 0.6 is 0 Å². The molecular weight excluding hydrogens is 288 g/mol. The zero-order valence-corrected chi connectivity index (χ0v) is 13.7. The summed E-state index contributed by atoms with van der Waals surface area (Å²) in [5.41, 5.74) is 1.14. The Bertz CT molecular complexity index is 583. The summed E-state index contributed by atoms with van der Waals surface area (Å²) in [7, 11) is -3.54. The van der Waals surface area contributed by atoms with E-state index in [0.29, 0.717) is 17.8 Å². The molecule has 1 rings (SSSR count). The number of nitrogens with one attached hydrogen (secondary N) is 2. The molecular formula is C15H24N2O3S. The number of hydrogen-bond donors (Lipinski definition) is 2. The highest BCUT2D eigenvalue weighted by Gasteiger charge is 2.17. The number of aryl methyl sites for hydroxylation is 1. The largest absolute Gasteiger partial charge is 0.326 e. The number of carbonyl (C=O) groups is 1. The third-order valence-electron chi connectivity index (χ3n) is 3.12. The first-order chi connectivity index (χ1) is 9.86. The standard InChI is InChI=1S/C15H24N2O3S/c1-4-5-6-7-10-16-21(19,20)15-11-14(17-13(3)18)9-8-12(15)2/h8-9,11,16H,4-7,10H2,1-3H3,(H,17,18). The Morgan fingerprint density at radius 2 is 1.90 bits per heavy atom. The van der Waals surface area contributed by atoms with Crippen LogP contribution in [-0.2, 0) is 14.8 Å². The second-order valence-electron chi connectivity index (χ2n) is 5.12. The smallest absolute Gasteiger partial charge is 0.240 e. The van der Waals surface area contributed by atoms with Gasteiger partial charge in [0.2, 0.25) is 15.9 Å². The van der Waals surface area contributed by atoms with Gasteiger partial charge in [-0.1, -0.05) is 32.3 Å². The van der Waals surface area contributed by atoms with Gasteiger partial charge in [-0.25, -0.2) is 13.1 Å². The van der Waals surface area contributed by atoms with E-state index in [1.165, 1.54) is 13.0 Å². The molecule has 0 unspecified atom stereocenters. The number of carbonyl (C=O) groups excluding carboxylic acids is 1. The minimum Gasteiger partial charge on any atom is -0.326 e. The van der Waals surface area contributed by atoms with E-state index in [4.69, 9.17) is 0 Å². The number of amides is 1. The SMILES string of the molecule is CCCCCCNS(=O)(=O)c1cc(NC(C)=O)ccc1C. The van der Waals surface area contributed by atoms with Crippen molar-refractivity contribution < 1.29 is 13.2 Å². The van der Waals surface area contributed by atoms with E-state index in [1.807, 2.05) is 0 Å². The van der Waals surface area contributed by atoms with Gasteiger partial charge in [-0.05, 0) is 31.0 Å². The topological polar surface area (TPSA) is 75.3 Å². The van der Waals surface area contributed by atoms with Crippen LogP contribution in [0.4, 0.5) is 5.69 Å². The van der Waals surface area contributed by atoms with Crippen LogP contribution in [0.1, 0.15) is 45.1 Å². The lowest BCUT2D eigenvalue weighted by molar-refractivity contribution is -0.114. The van der Waals surface area contributed by atoms with Gasteiger partial charge in [0.25, 0.3) is 0 Å². The van der Waals surface area contributed by atoms with Gasteiger partial charge in [0.15, 0.2) is 0 Å². The average molecular weight is 312 g/mol. The van der Waals surface area contributed by atoms with Crippen molar-refractivity contribution >= 4 is 21.6 Å². The quantitative estimate of drug-likeness (QED) is 0.725. The second-order valence-corrected chi connectivity index (χ2v) is 6.86. The predicted octanol–water partition coefficient (Wildman–Crippen LogP) is 2.81. The van der Waals surface area contributed by atoms with Crippen LogP contribution in [-0.4, -0.2) is 20.9 Å². The summed E-state index contributed by atoms with van der Waals surface area (Å²) in [5.74, 6) is -0.227. The summed E-state index contributed by atoms with van der Waals surface area (Å²) in [4.78, 5) is 11.3. The molecule has 1 aromatic carbocycles. The number of unbranched alkanes of at least 4 members (excludes halogenated alkanes) is 3. The maximum atomic E-state index is 12.3. The molecule has 1 aromatic rings. The first-order valence-electron chi connectivity index (χ1n) is 7.24. The minimum absolute atomic E-state index is 0.212. The molecule has 0 fully saturated rings. The molecule has 21 heavy (non-hydrogen) atoms. The second kappa shape index (κ2) is 8.14. The van der Waals surface area contributed by atoms with Gasteiger partial charge in [0.05, 0.1) is 4.90 Å². The number of rotatable bonds is 8. The van der Waals surface area contributed by atoms with Crippen LogP contribution in [0.2, 0.25) is 0 Å². The molecule has 0 atom stereocenters. The summed E-state index contributed by atoms with van der Waals surface area (Å²) in [6, 6.07) is 4.87. The summed E-state index contributed by atoms with van der Waals surface area (Å²) < 4.78 is 27.2. The molecule has 0 aromatic heterocycles. The lowest BCUT2D eigenvalue weighted by Crippen LogP contribution is -2.25. The Labute approximate surface area is 127 Å². The first kappa shape index (κ1) is 17.7. The molecule has 0 radical (unpaired) electrons. The van der Waals surface area contributed by atoms with Crippen molar-refractivity contribution in [3.63, 3.8) is 0 Å². The van der Waals surface area contributed by atoms with Crippen LogP contribution in [0, 0.1) is 6.92 Å². The molecule has 1 amide bonds. The molecule has 0 heterocycles. The monoisotopic (exact) mass is 312 g/mol. The van der Waals surface area contributed by atoms with Gasteiger partial charge in [0.1, 0.15) is 0 Å². The summed E-state index contributed by atoms with van der Waals surface area (Å²) in [6.45, 7) is 5.68. The van der Waals surface area contributed by atoms with E-state index in [0.717, 1.165) is 25.7 Å². The molecule has 0 saturated carbocycles. The van der Waals surface area contributed by atoms with Crippen molar-refractivity contribution in [1.82, 2.24) is 4.72 Å². The van der Waals surface area contributed by atoms with E-state index in [9.17, 15) is 13.2 Å². The maximum Gasteiger partial charge on any atom is 0.240 e. The molecule has 2 N–H and O–H groups in total. The van der Waals surface area contributed by atoms with Gasteiger partial charge < -0.3 is 5.32 Å². The van der Waals surface area contributed by atoms with Crippen LogP contribution in [0.25, 0.3) is 0 Å². The Morgan fingerprint density at radius 3 is 2.52 bits per heavy atom. The molecule has 0 aliphatic carbocycles. The highest BCUT2D eigenvalue weighted by atomic mass is 32.2. The Kier molecular flexibility index (Phi) is 6.84.